The zero-order valence-corrected chi connectivity index (χ0v) is 12.4. The Labute approximate surface area is 124 Å². The molecule has 0 saturated carbocycles. The predicted octanol–water partition coefficient (Wildman–Crippen LogP) is 2.78. The van der Waals surface area contributed by atoms with Gasteiger partial charge in [-0.05, 0) is 44.5 Å². The van der Waals surface area contributed by atoms with Crippen LogP contribution in [0.1, 0.15) is 26.2 Å². The van der Waals surface area contributed by atoms with Crippen molar-refractivity contribution in [2.45, 2.75) is 26.2 Å². The number of carbonyl (C=O) groups excluding carboxylic acids is 1. The van der Waals surface area contributed by atoms with E-state index in [1.807, 2.05) is 0 Å². The lowest BCUT2D eigenvalue weighted by Gasteiger charge is -2.24. The van der Waals surface area contributed by atoms with E-state index >= 15 is 0 Å². The van der Waals surface area contributed by atoms with E-state index in [1.54, 1.807) is 0 Å². The van der Waals surface area contributed by atoms with Crippen LogP contribution < -0.4 is 11.1 Å². The quantitative estimate of drug-likeness (QED) is 0.648. The Hall–Kier alpha value is -1.88. The molecule has 4 nitrogen and oxygen atoms in total. The van der Waals surface area contributed by atoms with Crippen molar-refractivity contribution in [3.63, 3.8) is 0 Å². The number of nitrogens with zero attached hydrogens (tertiary/aromatic N) is 1. The number of hydrogen-bond acceptors (Lipinski definition) is 3. The molecule has 1 aliphatic rings. The second-order valence-electron chi connectivity index (χ2n) is 5.49. The smallest absolute Gasteiger partial charge is 0.224 e. The van der Waals surface area contributed by atoms with Gasteiger partial charge in [-0.3, -0.25) is 9.69 Å². The Bertz CT molecular complexity index is 542. The molecule has 0 radical (unpaired) electrons. The minimum Gasteiger partial charge on any atom is -0.396 e. The molecule has 2 rings (SSSR count). The van der Waals surface area contributed by atoms with Gasteiger partial charge in [-0.1, -0.05) is 11.6 Å². The number of benzene rings is 1. The Morgan fingerprint density at radius 2 is 2.29 bits per heavy atom. The molecule has 0 spiro atoms. The molecule has 1 amide bonds. The van der Waals surface area contributed by atoms with Gasteiger partial charge in [0.15, 0.2) is 0 Å². The molecule has 114 valence electrons. The minimum absolute atomic E-state index is 0.0447. The van der Waals surface area contributed by atoms with Crippen molar-refractivity contribution in [2.24, 2.45) is 0 Å². The topological polar surface area (TPSA) is 58.4 Å². The summed E-state index contributed by atoms with van der Waals surface area (Å²) in [5.74, 6) is -0.536. The van der Waals surface area contributed by atoms with E-state index in [1.165, 1.54) is 23.8 Å². The lowest BCUT2D eigenvalue weighted by atomic mass is 10.1. The molecule has 0 atom stereocenters. The van der Waals surface area contributed by atoms with Crippen LogP contribution in [0.2, 0.25) is 0 Å². The molecule has 0 aromatic heterocycles. The molecule has 1 heterocycles. The Kier molecular flexibility index (Phi) is 5.33. The summed E-state index contributed by atoms with van der Waals surface area (Å²) < 4.78 is 13.0. The van der Waals surface area contributed by atoms with E-state index in [9.17, 15) is 9.18 Å². The molecule has 1 aromatic rings. The second kappa shape index (κ2) is 7.22. The summed E-state index contributed by atoms with van der Waals surface area (Å²) in [4.78, 5) is 14.2. The van der Waals surface area contributed by atoms with Crippen molar-refractivity contribution in [3.05, 3.63) is 35.7 Å². The van der Waals surface area contributed by atoms with Crippen LogP contribution in [0.3, 0.4) is 0 Å². The van der Waals surface area contributed by atoms with Crippen molar-refractivity contribution in [3.8, 4) is 0 Å². The molecule has 0 unspecified atom stereocenters. The Balaban J connectivity index is 1.71. The van der Waals surface area contributed by atoms with Gasteiger partial charge < -0.3 is 11.1 Å². The van der Waals surface area contributed by atoms with Gasteiger partial charge in [0.05, 0.1) is 5.69 Å². The van der Waals surface area contributed by atoms with E-state index < -0.39 is 5.82 Å². The number of hydrogen-bond donors (Lipinski definition) is 2. The minimum atomic E-state index is -0.471. The van der Waals surface area contributed by atoms with Crippen LogP contribution in [-0.4, -0.2) is 30.4 Å². The summed E-state index contributed by atoms with van der Waals surface area (Å²) >= 11 is 0. The lowest BCUT2D eigenvalue weighted by molar-refractivity contribution is -0.116. The molecule has 0 bridgehead atoms. The maximum absolute atomic E-state index is 13.0. The molecule has 0 saturated heterocycles. The normalized spacial score (nSPS) is 15.6. The van der Waals surface area contributed by atoms with Crippen LogP contribution in [0.4, 0.5) is 15.8 Å². The first kappa shape index (κ1) is 15.5. The highest BCUT2D eigenvalue weighted by atomic mass is 19.1. The molecule has 1 aliphatic heterocycles. The first-order chi connectivity index (χ1) is 10.0. The average Bonchev–Trinajstić information content (AvgIpc) is 2.45. The van der Waals surface area contributed by atoms with Crippen LogP contribution in [0, 0.1) is 5.82 Å². The van der Waals surface area contributed by atoms with Gasteiger partial charge in [-0.2, -0.15) is 0 Å². The van der Waals surface area contributed by atoms with Crippen molar-refractivity contribution in [1.29, 1.82) is 0 Å². The standard InChI is InChI=1S/C16H22FN3O/c1-12-6-9-20(10-7-12)8-2-3-16(21)19-13-4-5-14(17)15(18)11-13/h4-6,11H,2-3,7-10,18H2,1H3,(H,19,21). The number of amides is 1. The molecule has 0 fully saturated rings. The molecule has 1 aromatic carbocycles. The number of carbonyl (C=O) groups is 1. The summed E-state index contributed by atoms with van der Waals surface area (Å²) in [6.07, 6.45) is 4.62. The maximum atomic E-state index is 13.0. The first-order valence-corrected chi connectivity index (χ1v) is 7.27. The number of anilines is 2. The van der Waals surface area contributed by atoms with Gasteiger partial charge in [0.2, 0.25) is 5.91 Å². The number of nitrogen functional groups attached to an aromatic ring is 1. The van der Waals surface area contributed by atoms with Crippen molar-refractivity contribution >= 4 is 17.3 Å². The molecular weight excluding hydrogens is 269 g/mol. The SMILES string of the molecule is CC1=CCN(CCCC(=O)Nc2ccc(F)c(N)c2)CC1. The van der Waals surface area contributed by atoms with Crippen molar-refractivity contribution in [1.82, 2.24) is 4.90 Å². The van der Waals surface area contributed by atoms with Gasteiger partial charge in [0, 0.05) is 25.2 Å². The van der Waals surface area contributed by atoms with E-state index in [-0.39, 0.29) is 11.6 Å². The molecule has 0 aliphatic carbocycles. The largest absolute Gasteiger partial charge is 0.396 e. The van der Waals surface area contributed by atoms with Crippen molar-refractivity contribution in [2.75, 3.05) is 30.7 Å². The number of nitrogens with two attached hydrogens (primary N) is 1. The van der Waals surface area contributed by atoms with E-state index in [0.29, 0.717) is 12.1 Å². The highest BCUT2D eigenvalue weighted by molar-refractivity contribution is 5.91. The van der Waals surface area contributed by atoms with Gasteiger partial charge in [0.25, 0.3) is 0 Å². The maximum Gasteiger partial charge on any atom is 0.224 e. The second-order valence-corrected chi connectivity index (χ2v) is 5.49. The highest BCUT2D eigenvalue weighted by Crippen LogP contribution is 2.16. The van der Waals surface area contributed by atoms with Gasteiger partial charge in [-0.25, -0.2) is 4.39 Å². The summed E-state index contributed by atoms with van der Waals surface area (Å²) in [5, 5.41) is 2.74. The Morgan fingerprint density at radius 1 is 1.48 bits per heavy atom. The fraction of sp³-hybridized carbons (Fsp3) is 0.438. The van der Waals surface area contributed by atoms with Gasteiger partial charge in [0.1, 0.15) is 5.82 Å². The van der Waals surface area contributed by atoms with E-state index in [4.69, 9.17) is 5.73 Å². The first-order valence-electron chi connectivity index (χ1n) is 7.27. The van der Waals surface area contributed by atoms with Gasteiger partial charge in [-0.15, -0.1) is 0 Å². The number of halogens is 1. The number of rotatable bonds is 5. The predicted molar refractivity (Wildman–Crippen MR) is 83.5 cm³/mol. The summed E-state index contributed by atoms with van der Waals surface area (Å²) in [6, 6.07) is 4.21. The van der Waals surface area contributed by atoms with Gasteiger partial charge >= 0.3 is 0 Å². The third kappa shape index (κ3) is 4.86. The lowest BCUT2D eigenvalue weighted by Crippen LogP contribution is -2.30. The van der Waals surface area contributed by atoms with E-state index in [0.717, 1.165) is 32.5 Å². The van der Waals surface area contributed by atoms with Crippen molar-refractivity contribution < 1.29 is 9.18 Å². The average molecular weight is 291 g/mol. The summed E-state index contributed by atoms with van der Waals surface area (Å²) in [7, 11) is 0. The fourth-order valence-electron chi connectivity index (χ4n) is 2.32. The zero-order chi connectivity index (χ0) is 15.2. The highest BCUT2D eigenvalue weighted by Gasteiger charge is 2.10. The van der Waals surface area contributed by atoms with Crippen LogP contribution in [0.5, 0.6) is 0 Å². The third-order valence-corrected chi connectivity index (χ3v) is 3.68. The molecule has 5 heteroatoms. The van der Waals surface area contributed by atoms with Crippen LogP contribution in [-0.2, 0) is 4.79 Å². The number of nitrogens with one attached hydrogen (secondary N) is 1. The Morgan fingerprint density at radius 3 is 2.95 bits per heavy atom. The molecule has 3 N–H and O–H groups in total. The van der Waals surface area contributed by atoms with Crippen LogP contribution in [0.15, 0.2) is 29.8 Å². The summed E-state index contributed by atoms with van der Waals surface area (Å²) in [5.41, 5.74) is 7.49. The third-order valence-electron chi connectivity index (χ3n) is 3.68. The van der Waals surface area contributed by atoms with E-state index in [2.05, 4.69) is 23.2 Å². The van der Waals surface area contributed by atoms with Crippen LogP contribution >= 0.6 is 0 Å². The zero-order valence-electron chi connectivity index (χ0n) is 12.4. The molecule has 21 heavy (non-hydrogen) atoms. The van der Waals surface area contributed by atoms with Crippen LogP contribution in [0.25, 0.3) is 0 Å². The monoisotopic (exact) mass is 291 g/mol. The fourth-order valence-corrected chi connectivity index (χ4v) is 2.32. The summed E-state index contributed by atoms with van der Waals surface area (Å²) in [6.45, 7) is 5.11. The molecular formula is C16H22FN3O.